The van der Waals surface area contributed by atoms with Crippen molar-refractivity contribution in [2.45, 2.75) is 19.3 Å². The van der Waals surface area contributed by atoms with Crippen LogP contribution in [0.5, 0.6) is 0 Å². The zero-order chi connectivity index (χ0) is 16.1. The standard InChI is InChI=1S/C17H14FN5/c18-15-8-4-13(5-9-15)2-1-3-17-20-21-22-23(17)16-10-6-14(12-19)7-11-16/h4-11H,1-3H2. The van der Waals surface area contributed by atoms with Gasteiger partial charge in [-0.25, -0.2) is 4.39 Å². The second-order valence-corrected chi connectivity index (χ2v) is 5.15. The van der Waals surface area contributed by atoms with Gasteiger partial charge >= 0.3 is 0 Å². The van der Waals surface area contributed by atoms with Crippen LogP contribution in [0, 0.1) is 17.1 Å². The highest BCUT2D eigenvalue weighted by Gasteiger charge is 2.08. The van der Waals surface area contributed by atoms with Crippen LogP contribution in [-0.4, -0.2) is 20.2 Å². The van der Waals surface area contributed by atoms with Crippen molar-refractivity contribution in [3.63, 3.8) is 0 Å². The molecule has 0 atom stereocenters. The first kappa shape index (κ1) is 14.9. The lowest BCUT2D eigenvalue weighted by molar-refractivity contribution is 0.626. The zero-order valence-corrected chi connectivity index (χ0v) is 12.4. The van der Waals surface area contributed by atoms with E-state index in [2.05, 4.69) is 21.6 Å². The highest BCUT2D eigenvalue weighted by Crippen LogP contribution is 2.12. The van der Waals surface area contributed by atoms with Crippen LogP contribution in [0.1, 0.15) is 23.4 Å². The number of tetrazole rings is 1. The highest BCUT2D eigenvalue weighted by atomic mass is 19.1. The topological polar surface area (TPSA) is 67.4 Å². The molecule has 0 fully saturated rings. The van der Waals surface area contributed by atoms with E-state index in [9.17, 15) is 4.39 Å². The lowest BCUT2D eigenvalue weighted by atomic mass is 10.1. The van der Waals surface area contributed by atoms with Crippen molar-refractivity contribution < 1.29 is 4.39 Å². The number of nitrogens with zero attached hydrogens (tertiary/aromatic N) is 5. The second-order valence-electron chi connectivity index (χ2n) is 5.15. The number of hydrogen-bond acceptors (Lipinski definition) is 4. The molecular formula is C17H14FN5. The van der Waals surface area contributed by atoms with Gasteiger partial charge in [-0.05, 0) is 65.2 Å². The van der Waals surface area contributed by atoms with Crippen LogP contribution in [-0.2, 0) is 12.8 Å². The first-order chi connectivity index (χ1) is 11.3. The molecule has 0 amide bonds. The molecule has 0 spiro atoms. The lowest BCUT2D eigenvalue weighted by Gasteiger charge is -2.05. The smallest absolute Gasteiger partial charge is 0.156 e. The number of aryl methyl sites for hydroxylation is 2. The number of rotatable bonds is 5. The minimum atomic E-state index is -0.224. The average Bonchev–Trinajstić information content (AvgIpc) is 3.05. The van der Waals surface area contributed by atoms with E-state index in [0.717, 1.165) is 29.9 Å². The summed E-state index contributed by atoms with van der Waals surface area (Å²) in [6, 6.07) is 15.7. The number of aromatic nitrogens is 4. The summed E-state index contributed by atoms with van der Waals surface area (Å²) in [5, 5.41) is 20.6. The third-order valence-corrected chi connectivity index (χ3v) is 3.55. The fraction of sp³-hybridized carbons (Fsp3) is 0.176. The molecule has 0 radical (unpaired) electrons. The molecule has 6 heteroatoms. The average molecular weight is 307 g/mol. The summed E-state index contributed by atoms with van der Waals surface area (Å²) in [6.45, 7) is 0. The summed E-state index contributed by atoms with van der Waals surface area (Å²) in [5.74, 6) is 0.537. The number of benzene rings is 2. The molecule has 1 heterocycles. The van der Waals surface area contributed by atoms with Crippen LogP contribution < -0.4 is 0 Å². The largest absolute Gasteiger partial charge is 0.207 e. The van der Waals surface area contributed by atoms with Crippen molar-refractivity contribution in [3.05, 3.63) is 71.3 Å². The van der Waals surface area contributed by atoms with Crippen molar-refractivity contribution in [3.8, 4) is 11.8 Å². The summed E-state index contributed by atoms with van der Waals surface area (Å²) in [7, 11) is 0. The van der Waals surface area contributed by atoms with E-state index in [1.165, 1.54) is 12.1 Å². The summed E-state index contributed by atoms with van der Waals surface area (Å²) in [6.07, 6.45) is 2.41. The maximum Gasteiger partial charge on any atom is 0.156 e. The van der Waals surface area contributed by atoms with Crippen LogP contribution >= 0.6 is 0 Å². The van der Waals surface area contributed by atoms with Gasteiger partial charge in [-0.15, -0.1) is 5.10 Å². The molecule has 23 heavy (non-hydrogen) atoms. The quantitative estimate of drug-likeness (QED) is 0.727. The van der Waals surface area contributed by atoms with E-state index in [0.29, 0.717) is 12.0 Å². The Morgan fingerprint density at radius 1 is 1.00 bits per heavy atom. The van der Waals surface area contributed by atoms with Crippen molar-refractivity contribution in [1.82, 2.24) is 20.2 Å². The van der Waals surface area contributed by atoms with E-state index in [4.69, 9.17) is 5.26 Å². The molecule has 0 unspecified atom stereocenters. The predicted molar refractivity (Wildman–Crippen MR) is 82.3 cm³/mol. The van der Waals surface area contributed by atoms with E-state index in [1.807, 2.05) is 12.1 Å². The number of hydrogen-bond donors (Lipinski definition) is 0. The summed E-state index contributed by atoms with van der Waals surface area (Å²) in [4.78, 5) is 0. The van der Waals surface area contributed by atoms with Crippen molar-refractivity contribution in [2.24, 2.45) is 0 Å². The van der Waals surface area contributed by atoms with Crippen LogP contribution in [0.2, 0.25) is 0 Å². The highest BCUT2D eigenvalue weighted by molar-refractivity contribution is 5.38. The number of nitriles is 1. The number of halogens is 1. The second kappa shape index (κ2) is 6.79. The van der Waals surface area contributed by atoms with Crippen LogP contribution in [0.3, 0.4) is 0 Å². The molecule has 0 saturated heterocycles. The molecule has 0 saturated carbocycles. The Kier molecular flexibility index (Phi) is 4.39. The first-order valence-corrected chi connectivity index (χ1v) is 7.28. The Labute approximate surface area is 133 Å². The Morgan fingerprint density at radius 3 is 2.43 bits per heavy atom. The fourth-order valence-electron chi connectivity index (χ4n) is 2.34. The first-order valence-electron chi connectivity index (χ1n) is 7.28. The normalized spacial score (nSPS) is 10.4. The summed E-state index contributed by atoms with van der Waals surface area (Å²) >= 11 is 0. The molecule has 3 rings (SSSR count). The SMILES string of the molecule is N#Cc1ccc(-n2nnnc2CCCc2ccc(F)cc2)cc1. The summed E-state index contributed by atoms with van der Waals surface area (Å²) in [5.41, 5.74) is 2.51. The van der Waals surface area contributed by atoms with Crippen molar-refractivity contribution >= 4 is 0 Å². The van der Waals surface area contributed by atoms with Gasteiger partial charge in [0.05, 0.1) is 17.3 Å². The minimum absolute atomic E-state index is 0.224. The Balaban J connectivity index is 1.66. The minimum Gasteiger partial charge on any atom is -0.207 e. The summed E-state index contributed by atoms with van der Waals surface area (Å²) < 4.78 is 14.5. The Hall–Kier alpha value is -3.07. The maximum atomic E-state index is 12.9. The monoisotopic (exact) mass is 307 g/mol. The van der Waals surface area contributed by atoms with Gasteiger partial charge in [-0.2, -0.15) is 9.94 Å². The van der Waals surface area contributed by atoms with Crippen LogP contribution in [0.15, 0.2) is 48.5 Å². The van der Waals surface area contributed by atoms with E-state index in [1.54, 1.807) is 28.9 Å². The van der Waals surface area contributed by atoms with Gasteiger partial charge in [-0.1, -0.05) is 12.1 Å². The Morgan fingerprint density at radius 2 is 1.74 bits per heavy atom. The van der Waals surface area contributed by atoms with Crippen molar-refractivity contribution in [1.29, 1.82) is 5.26 Å². The molecule has 3 aromatic rings. The van der Waals surface area contributed by atoms with Gasteiger partial charge in [0, 0.05) is 6.42 Å². The maximum absolute atomic E-state index is 12.9. The molecule has 2 aromatic carbocycles. The third-order valence-electron chi connectivity index (χ3n) is 3.55. The van der Waals surface area contributed by atoms with Gasteiger partial charge in [0.15, 0.2) is 5.82 Å². The van der Waals surface area contributed by atoms with E-state index >= 15 is 0 Å². The molecule has 0 bridgehead atoms. The fourth-order valence-corrected chi connectivity index (χ4v) is 2.34. The molecule has 0 aliphatic rings. The predicted octanol–water partition coefficient (Wildman–Crippen LogP) is 2.85. The Bertz CT molecular complexity index is 815. The van der Waals surface area contributed by atoms with Gasteiger partial charge in [0.25, 0.3) is 0 Å². The van der Waals surface area contributed by atoms with Gasteiger partial charge in [-0.3, -0.25) is 0 Å². The lowest BCUT2D eigenvalue weighted by Crippen LogP contribution is -2.04. The molecule has 1 aromatic heterocycles. The molecule has 0 aliphatic heterocycles. The molecule has 0 aliphatic carbocycles. The van der Waals surface area contributed by atoms with Crippen LogP contribution in [0.4, 0.5) is 4.39 Å². The van der Waals surface area contributed by atoms with Crippen LogP contribution in [0.25, 0.3) is 5.69 Å². The molecular weight excluding hydrogens is 293 g/mol. The van der Waals surface area contributed by atoms with Gasteiger partial charge in [0.1, 0.15) is 5.82 Å². The van der Waals surface area contributed by atoms with Gasteiger partial charge in [0.2, 0.25) is 0 Å². The van der Waals surface area contributed by atoms with E-state index in [-0.39, 0.29) is 5.82 Å². The molecule has 0 N–H and O–H groups in total. The van der Waals surface area contributed by atoms with Crippen molar-refractivity contribution in [2.75, 3.05) is 0 Å². The zero-order valence-electron chi connectivity index (χ0n) is 12.4. The molecule has 5 nitrogen and oxygen atoms in total. The molecule has 114 valence electrons. The third kappa shape index (κ3) is 3.58. The van der Waals surface area contributed by atoms with Gasteiger partial charge < -0.3 is 0 Å². The van der Waals surface area contributed by atoms with E-state index < -0.39 is 0 Å².